The molecule has 1 aromatic heterocycles. The van der Waals surface area contributed by atoms with Crippen LogP contribution in [-0.2, 0) is 0 Å². The second kappa shape index (κ2) is 7.04. The van der Waals surface area contributed by atoms with Crippen molar-refractivity contribution in [1.29, 1.82) is 0 Å². The number of nitrogens with zero attached hydrogens (tertiary/aromatic N) is 1. The van der Waals surface area contributed by atoms with Crippen molar-refractivity contribution < 1.29 is 0 Å². The third kappa shape index (κ3) is 3.26. The fourth-order valence-electron chi connectivity index (χ4n) is 3.71. The molecule has 0 aliphatic heterocycles. The van der Waals surface area contributed by atoms with Gasteiger partial charge >= 0.3 is 0 Å². The molecule has 1 aromatic carbocycles. The van der Waals surface area contributed by atoms with Crippen LogP contribution in [0.15, 0.2) is 36.7 Å². The topological polar surface area (TPSA) is 24.9 Å². The Hall–Kier alpha value is -1.41. The van der Waals surface area contributed by atoms with Gasteiger partial charge in [0, 0.05) is 23.8 Å². The maximum absolute atomic E-state index is 4.36. The quantitative estimate of drug-likeness (QED) is 0.826. The molecule has 1 aliphatic rings. The molecule has 2 nitrogen and oxygen atoms in total. The molecule has 2 heteroatoms. The minimum absolute atomic E-state index is 0.623. The molecule has 0 radical (unpaired) electrons. The summed E-state index contributed by atoms with van der Waals surface area (Å²) in [5.41, 5.74) is 1.50. The summed E-state index contributed by atoms with van der Waals surface area (Å²) >= 11 is 0. The zero-order valence-electron chi connectivity index (χ0n) is 13.0. The second-order valence-electron chi connectivity index (χ2n) is 6.25. The van der Waals surface area contributed by atoms with E-state index in [2.05, 4.69) is 41.5 Å². The summed E-state index contributed by atoms with van der Waals surface area (Å²) in [6.07, 6.45) is 11.9. The normalized spacial score (nSPS) is 23.1. The van der Waals surface area contributed by atoms with Crippen LogP contribution in [0.25, 0.3) is 10.8 Å². The first-order chi connectivity index (χ1) is 10.4. The molecule has 1 aliphatic carbocycles. The summed E-state index contributed by atoms with van der Waals surface area (Å²) in [6, 6.07) is 9.48. The van der Waals surface area contributed by atoms with Gasteiger partial charge in [-0.2, -0.15) is 0 Å². The lowest BCUT2D eigenvalue weighted by Gasteiger charge is -2.27. The zero-order chi connectivity index (χ0) is 14.5. The SMILES string of the molecule is CCCNC1CCCCCC1c1cccc2ccncc12. The predicted octanol–water partition coefficient (Wildman–Crippen LogP) is 4.65. The van der Waals surface area contributed by atoms with Crippen molar-refractivity contribution in [2.45, 2.75) is 57.4 Å². The van der Waals surface area contributed by atoms with Gasteiger partial charge in [0.05, 0.1) is 0 Å². The monoisotopic (exact) mass is 282 g/mol. The van der Waals surface area contributed by atoms with Gasteiger partial charge in [-0.3, -0.25) is 4.98 Å². The summed E-state index contributed by atoms with van der Waals surface area (Å²) in [4.78, 5) is 4.36. The third-order valence-electron chi connectivity index (χ3n) is 4.79. The molecule has 2 aromatic rings. The number of pyridine rings is 1. The van der Waals surface area contributed by atoms with Crippen LogP contribution in [0.5, 0.6) is 0 Å². The Morgan fingerprint density at radius 2 is 2.05 bits per heavy atom. The highest BCUT2D eigenvalue weighted by Gasteiger charge is 2.25. The van der Waals surface area contributed by atoms with E-state index in [-0.39, 0.29) is 0 Å². The van der Waals surface area contributed by atoms with Crippen LogP contribution < -0.4 is 5.32 Å². The van der Waals surface area contributed by atoms with E-state index in [0.29, 0.717) is 12.0 Å². The largest absolute Gasteiger partial charge is 0.313 e. The molecule has 1 fully saturated rings. The number of nitrogens with one attached hydrogen (secondary N) is 1. The average Bonchev–Trinajstić information content (AvgIpc) is 2.77. The van der Waals surface area contributed by atoms with Crippen LogP contribution in [0.4, 0.5) is 0 Å². The number of benzene rings is 1. The van der Waals surface area contributed by atoms with Gasteiger partial charge in [0.25, 0.3) is 0 Å². The summed E-state index contributed by atoms with van der Waals surface area (Å²) < 4.78 is 0. The van der Waals surface area contributed by atoms with Gasteiger partial charge in [0.15, 0.2) is 0 Å². The van der Waals surface area contributed by atoms with Crippen LogP contribution in [-0.4, -0.2) is 17.6 Å². The van der Waals surface area contributed by atoms with Crippen LogP contribution >= 0.6 is 0 Å². The average molecular weight is 282 g/mol. The smallest absolute Gasteiger partial charge is 0.0349 e. The van der Waals surface area contributed by atoms with Gasteiger partial charge in [-0.15, -0.1) is 0 Å². The first-order valence-electron chi connectivity index (χ1n) is 8.46. The summed E-state index contributed by atoms with van der Waals surface area (Å²) in [6.45, 7) is 3.38. The Balaban J connectivity index is 1.96. The van der Waals surface area contributed by atoms with Gasteiger partial charge in [0.1, 0.15) is 0 Å². The molecule has 0 spiro atoms. The number of hydrogen-bond acceptors (Lipinski definition) is 2. The predicted molar refractivity (Wildman–Crippen MR) is 89.7 cm³/mol. The van der Waals surface area contributed by atoms with Crippen molar-refractivity contribution in [2.24, 2.45) is 0 Å². The minimum atomic E-state index is 0.623. The minimum Gasteiger partial charge on any atom is -0.313 e. The lowest BCUT2D eigenvalue weighted by molar-refractivity contribution is 0.412. The molecule has 112 valence electrons. The molecule has 1 N–H and O–H groups in total. The number of fused-ring (bicyclic) bond motifs is 1. The zero-order valence-corrected chi connectivity index (χ0v) is 13.0. The van der Waals surface area contributed by atoms with Crippen LogP contribution in [0.1, 0.15) is 56.9 Å². The van der Waals surface area contributed by atoms with E-state index in [0.717, 1.165) is 6.54 Å². The fraction of sp³-hybridized carbons (Fsp3) is 0.526. The summed E-state index contributed by atoms with van der Waals surface area (Å²) in [5, 5.41) is 6.47. The maximum Gasteiger partial charge on any atom is 0.0349 e. The molecular formula is C19H26N2. The van der Waals surface area contributed by atoms with E-state index in [1.54, 1.807) is 0 Å². The van der Waals surface area contributed by atoms with Crippen molar-refractivity contribution >= 4 is 10.8 Å². The maximum atomic E-state index is 4.36. The van der Waals surface area contributed by atoms with Gasteiger partial charge in [-0.25, -0.2) is 0 Å². The fourth-order valence-corrected chi connectivity index (χ4v) is 3.71. The van der Waals surface area contributed by atoms with E-state index in [9.17, 15) is 0 Å². The van der Waals surface area contributed by atoms with Gasteiger partial charge in [-0.1, -0.05) is 44.4 Å². The molecule has 0 saturated heterocycles. The van der Waals surface area contributed by atoms with Gasteiger partial charge < -0.3 is 5.32 Å². The molecule has 2 atom stereocenters. The third-order valence-corrected chi connectivity index (χ3v) is 4.79. The van der Waals surface area contributed by atoms with E-state index in [4.69, 9.17) is 0 Å². The first kappa shape index (κ1) is 14.5. The second-order valence-corrected chi connectivity index (χ2v) is 6.25. The number of aromatic nitrogens is 1. The highest BCUT2D eigenvalue weighted by Crippen LogP contribution is 2.35. The van der Waals surface area contributed by atoms with Crippen LogP contribution in [0.3, 0.4) is 0 Å². The van der Waals surface area contributed by atoms with Crippen molar-refractivity contribution in [2.75, 3.05) is 6.54 Å². The van der Waals surface area contributed by atoms with Crippen molar-refractivity contribution in [1.82, 2.24) is 10.3 Å². The Labute approximate surface area is 128 Å². The highest BCUT2D eigenvalue weighted by molar-refractivity contribution is 5.85. The molecule has 1 saturated carbocycles. The van der Waals surface area contributed by atoms with Crippen molar-refractivity contribution in [3.8, 4) is 0 Å². The number of hydrogen-bond donors (Lipinski definition) is 1. The molecule has 3 rings (SSSR count). The Bertz CT molecular complexity index is 573. The van der Waals surface area contributed by atoms with E-state index >= 15 is 0 Å². The van der Waals surface area contributed by atoms with Crippen LogP contribution in [0, 0.1) is 0 Å². The Morgan fingerprint density at radius 3 is 2.95 bits per heavy atom. The molecule has 2 unspecified atom stereocenters. The van der Waals surface area contributed by atoms with Crippen LogP contribution in [0.2, 0.25) is 0 Å². The van der Waals surface area contributed by atoms with E-state index in [1.807, 2.05) is 12.4 Å². The lowest BCUT2D eigenvalue weighted by Crippen LogP contribution is -2.34. The van der Waals surface area contributed by atoms with Crippen molar-refractivity contribution in [3.05, 3.63) is 42.2 Å². The molecule has 1 heterocycles. The molecule has 0 bridgehead atoms. The van der Waals surface area contributed by atoms with E-state index < -0.39 is 0 Å². The Kier molecular flexibility index (Phi) is 4.87. The summed E-state index contributed by atoms with van der Waals surface area (Å²) in [7, 11) is 0. The first-order valence-corrected chi connectivity index (χ1v) is 8.46. The van der Waals surface area contributed by atoms with E-state index in [1.165, 1.54) is 54.9 Å². The summed E-state index contributed by atoms with van der Waals surface area (Å²) in [5.74, 6) is 0.631. The number of rotatable bonds is 4. The van der Waals surface area contributed by atoms with Gasteiger partial charge in [0.2, 0.25) is 0 Å². The molecule has 0 amide bonds. The van der Waals surface area contributed by atoms with Crippen molar-refractivity contribution in [3.63, 3.8) is 0 Å². The standard InChI is InChI=1S/C19H26N2/c1-2-12-21-19-10-5-3-4-8-17(19)16-9-6-7-15-11-13-20-14-18(15)16/h6-7,9,11,13-14,17,19,21H,2-5,8,10,12H2,1H3. The Morgan fingerprint density at radius 1 is 1.14 bits per heavy atom. The van der Waals surface area contributed by atoms with Gasteiger partial charge in [-0.05, 0) is 48.7 Å². The molecule has 21 heavy (non-hydrogen) atoms. The highest BCUT2D eigenvalue weighted by atomic mass is 14.9. The lowest BCUT2D eigenvalue weighted by atomic mass is 9.85. The molecular weight excluding hydrogens is 256 g/mol.